The molecule has 0 aliphatic carbocycles. The number of aryl methyl sites for hydroxylation is 1. The molecular formula is C25H33N3. The molecule has 1 heterocycles. The van der Waals surface area contributed by atoms with Gasteiger partial charge in [0.15, 0.2) is 0 Å². The van der Waals surface area contributed by atoms with Gasteiger partial charge in [-0.3, -0.25) is 4.90 Å². The Morgan fingerprint density at radius 1 is 1.07 bits per heavy atom. The Morgan fingerprint density at radius 2 is 1.71 bits per heavy atom. The maximum atomic E-state index is 4.92. The number of rotatable bonds is 6. The van der Waals surface area contributed by atoms with Gasteiger partial charge in [0.25, 0.3) is 0 Å². The highest BCUT2D eigenvalue weighted by Crippen LogP contribution is 2.22. The van der Waals surface area contributed by atoms with Crippen molar-refractivity contribution in [3.05, 3.63) is 83.6 Å². The summed E-state index contributed by atoms with van der Waals surface area (Å²) in [5.74, 6) is 1.06. The smallest absolute Gasteiger partial charge is 0.136 e. The molecule has 3 nitrogen and oxygen atoms in total. The van der Waals surface area contributed by atoms with Gasteiger partial charge in [-0.15, -0.1) is 0 Å². The van der Waals surface area contributed by atoms with E-state index in [1.165, 1.54) is 16.7 Å². The molecule has 3 heteroatoms. The van der Waals surface area contributed by atoms with Crippen LogP contribution < -0.4 is 0 Å². The first-order chi connectivity index (χ1) is 13.6. The Morgan fingerprint density at radius 3 is 2.36 bits per heavy atom. The van der Waals surface area contributed by atoms with Gasteiger partial charge in [-0.25, -0.2) is 4.99 Å². The third-order valence-corrected chi connectivity index (χ3v) is 5.75. The van der Waals surface area contributed by atoms with E-state index in [0.29, 0.717) is 6.04 Å². The lowest BCUT2D eigenvalue weighted by molar-refractivity contribution is 0.159. The van der Waals surface area contributed by atoms with E-state index in [0.717, 1.165) is 50.4 Å². The van der Waals surface area contributed by atoms with Crippen molar-refractivity contribution in [2.75, 3.05) is 20.1 Å². The molecule has 1 aliphatic heterocycles. The van der Waals surface area contributed by atoms with Gasteiger partial charge in [0.1, 0.15) is 5.84 Å². The summed E-state index contributed by atoms with van der Waals surface area (Å²) in [6.45, 7) is 11.7. The average Bonchev–Trinajstić information content (AvgIpc) is 2.73. The van der Waals surface area contributed by atoms with Crippen molar-refractivity contribution in [1.82, 2.24) is 9.80 Å². The Labute approximate surface area is 170 Å². The summed E-state index contributed by atoms with van der Waals surface area (Å²) in [6.07, 6.45) is 3.19. The zero-order chi connectivity index (χ0) is 19.9. The maximum Gasteiger partial charge on any atom is 0.136 e. The Hall–Kier alpha value is -2.39. The molecule has 2 aromatic rings. The molecule has 0 N–H and O–H groups in total. The highest BCUT2D eigenvalue weighted by atomic mass is 15.2. The first-order valence-electron chi connectivity index (χ1n) is 10.4. The van der Waals surface area contributed by atoms with Crippen LogP contribution in [0, 0.1) is 6.92 Å². The molecule has 1 saturated heterocycles. The molecule has 28 heavy (non-hydrogen) atoms. The van der Waals surface area contributed by atoms with Crippen LogP contribution in [0.5, 0.6) is 0 Å². The highest BCUT2D eigenvalue weighted by Gasteiger charge is 2.25. The van der Waals surface area contributed by atoms with Crippen LogP contribution in [0.3, 0.4) is 0 Å². The first-order valence-corrected chi connectivity index (χ1v) is 10.4. The van der Waals surface area contributed by atoms with Gasteiger partial charge in [-0.2, -0.15) is 0 Å². The van der Waals surface area contributed by atoms with Gasteiger partial charge in [0.2, 0.25) is 0 Å². The summed E-state index contributed by atoms with van der Waals surface area (Å²) in [7, 11) is 2.20. The van der Waals surface area contributed by atoms with Crippen LogP contribution in [-0.4, -0.2) is 41.8 Å². The van der Waals surface area contributed by atoms with Crippen molar-refractivity contribution in [1.29, 1.82) is 0 Å². The summed E-state index contributed by atoms with van der Waals surface area (Å²) in [4.78, 5) is 9.88. The van der Waals surface area contributed by atoms with Crippen LogP contribution in [0.25, 0.3) is 0 Å². The quantitative estimate of drug-likeness (QED) is 0.506. The molecule has 1 aliphatic rings. The molecule has 0 atom stereocenters. The zero-order valence-electron chi connectivity index (χ0n) is 17.6. The zero-order valence-corrected chi connectivity index (χ0v) is 17.6. The van der Waals surface area contributed by atoms with E-state index in [-0.39, 0.29) is 0 Å². The Balaban J connectivity index is 1.70. The fraction of sp³-hybridized carbons (Fsp3) is 0.400. The van der Waals surface area contributed by atoms with Crippen molar-refractivity contribution in [2.45, 2.75) is 45.7 Å². The topological polar surface area (TPSA) is 18.8 Å². The molecule has 0 unspecified atom stereocenters. The number of aliphatic imine (C=N–C) groups is 1. The molecule has 3 rings (SSSR count). The van der Waals surface area contributed by atoms with E-state index in [1.807, 2.05) is 0 Å². The molecule has 0 aromatic heterocycles. The number of piperidine rings is 1. The minimum atomic E-state index is 0.509. The normalized spacial score (nSPS) is 16.2. The fourth-order valence-electron chi connectivity index (χ4n) is 3.86. The lowest BCUT2D eigenvalue weighted by atomic mass is 10.0. The minimum absolute atomic E-state index is 0.509. The van der Waals surface area contributed by atoms with Crippen LogP contribution in [-0.2, 0) is 6.54 Å². The van der Waals surface area contributed by atoms with E-state index in [1.54, 1.807) is 0 Å². The molecule has 0 bridgehead atoms. The van der Waals surface area contributed by atoms with Crippen LogP contribution in [0.1, 0.15) is 42.9 Å². The second-order valence-corrected chi connectivity index (χ2v) is 7.77. The SMILES string of the molecule is C=C(CC)/N=C(\c1ccccc1C)N(C)C1CCN(Cc2ccccc2)CC1. The summed E-state index contributed by atoms with van der Waals surface area (Å²) in [5, 5.41) is 0. The molecule has 0 saturated carbocycles. The van der Waals surface area contributed by atoms with Crippen molar-refractivity contribution in [3.63, 3.8) is 0 Å². The van der Waals surface area contributed by atoms with Crippen molar-refractivity contribution in [3.8, 4) is 0 Å². The second-order valence-electron chi connectivity index (χ2n) is 7.77. The summed E-state index contributed by atoms with van der Waals surface area (Å²) >= 11 is 0. The molecule has 2 aromatic carbocycles. The van der Waals surface area contributed by atoms with Gasteiger partial charge >= 0.3 is 0 Å². The third-order valence-electron chi connectivity index (χ3n) is 5.75. The molecule has 1 fully saturated rings. The largest absolute Gasteiger partial charge is 0.356 e. The summed E-state index contributed by atoms with van der Waals surface area (Å²) in [5.41, 5.74) is 4.81. The maximum absolute atomic E-state index is 4.92. The number of allylic oxidation sites excluding steroid dienone is 1. The lowest BCUT2D eigenvalue weighted by Gasteiger charge is -2.38. The second kappa shape index (κ2) is 9.70. The van der Waals surface area contributed by atoms with Crippen molar-refractivity contribution >= 4 is 5.84 Å². The summed E-state index contributed by atoms with van der Waals surface area (Å²) in [6, 6.07) is 19.8. The van der Waals surface area contributed by atoms with Gasteiger partial charge in [-0.05, 0) is 37.3 Å². The van der Waals surface area contributed by atoms with Crippen LogP contribution in [0.15, 0.2) is 71.9 Å². The van der Waals surface area contributed by atoms with Crippen molar-refractivity contribution < 1.29 is 0 Å². The number of hydrogen-bond acceptors (Lipinski definition) is 2. The van der Waals surface area contributed by atoms with Gasteiger partial charge in [0.05, 0.1) is 0 Å². The highest BCUT2D eigenvalue weighted by molar-refractivity contribution is 6.00. The minimum Gasteiger partial charge on any atom is -0.356 e. The predicted molar refractivity (Wildman–Crippen MR) is 120 cm³/mol. The molecular weight excluding hydrogens is 342 g/mol. The van der Waals surface area contributed by atoms with Crippen LogP contribution in [0.4, 0.5) is 0 Å². The van der Waals surface area contributed by atoms with Crippen molar-refractivity contribution in [2.24, 2.45) is 4.99 Å². The van der Waals surface area contributed by atoms with E-state index in [2.05, 4.69) is 91.9 Å². The fourth-order valence-corrected chi connectivity index (χ4v) is 3.86. The van der Waals surface area contributed by atoms with Gasteiger partial charge in [-0.1, -0.05) is 68.1 Å². The summed E-state index contributed by atoms with van der Waals surface area (Å²) < 4.78 is 0. The Kier molecular flexibility index (Phi) is 7.05. The number of likely N-dealkylation sites (tertiary alicyclic amines) is 1. The van der Waals surface area contributed by atoms with E-state index in [9.17, 15) is 0 Å². The first kappa shape index (κ1) is 20.3. The predicted octanol–water partition coefficient (Wildman–Crippen LogP) is 5.26. The average molecular weight is 376 g/mol. The standard InChI is InChI=1S/C25H33N3/c1-5-21(3)26-25(24-14-10-9-11-20(24)2)27(4)23-15-17-28(18-16-23)19-22-12-7-6-8-13-22/h6-14,23H,3,5,15-19H2,1-2,4H3/b26-25+. The number of nitrogens with zero attached hydrogens (tertiary/aromatic N) is 3. The number of benzene rings is 2. The van der Waals surface area contributed by atoms with Gasteiger partial charge < -0.3 is 4.90 Å². The van der Waals surface area contributed by atoms with Gasteiger partial charge in [0, 0.05) is 44.0 Å². The molecule has 0 amide bonds. The van der Waals surface area contributed by atoms with E-state index in [4.69, 9.17) is 4.99 Å². The number of hydrogen-bond donors (Lipinski definition) is 0. The monoisotopic (exact) mass is 375 g/mol. The van der Waals surface area contributed by atoms with Crippen LogP contribution in [0.2, 0.25) is 0 Å². The Bertz CT molecular complexity index is 802. The van der Waals surface area contributed by atoms with E-state index >= 15 is 0 Å². The molecule has 0 radical (unpaired) electrons. The third kappa shape index (κ3) is 5.11. The molecule has 148 valence electrons. The lowest BCUT2D eigenvalue weighted by Crippen LogP contribution is -2.45. The molecule has 0 spiro atoms. The van der Waals surface area contributed by atoms with Crippen LogP contribution >= 0.6 is 0 Å². The number of amidine groups is 1. The van der Waals surface area contributed by atoms with E-state index < -0.39 is 0 Å².